The molecule has 1 atom stereocenters. The first-order chi connectivity index (χ1) is 19.0. The minimum atomic E-state index is -0.609. The highest BCUT2D eigenvalue weighted by Crippen LogP contribution is 2.21. The number of rotatable bonds is 12. The molecule has 1 saturated carbocycles. The van der Waals surface area contributed by atoms with Gasteiger partial charge in [-0.05, 0) is 66.8 Å². The van der Waals surface area contributed by atoms with Crippen LogP contribution in [0.15, 0.2) is 83.3 Å². The average Bonchev–Trinajstić information content (AvgIpc) is 2.96. The number of nitrogens with one attached hydrogen (secondary N) is 1. The molecule has 1 aliphatic rings. The van der Waals surface area contributed by atoms with E-state index in [1.807, 2.05) is 66.7 Å². The zero-order valence-corrected chi connectivity index (χ0v) is 24.5. The molecule has 0 radical (unpaired) electrons. The van der Waals surface area contributed by atoms with E-state index in [1.165, 1.54) is 6.42 Å². The molecule has 206 valence electrons. The summed E-state index contributed by atoms with van der Waals surface area (Å²) in [4.78, 5) is 29.3. The minimum Gasteiger partial charge on any atom is -0.494 e. The number of carbonyl (C=O) groups excluding carboxylic acids is 2. The Kier molecular flexibility index (Phi) is 11.3. The van der Waals surface area contributed by atoms with Crippen LogP contribution in [0.5, 0.6) is 5.75 Å². The van der Waals surface area contributed by atoms with Gasteiger partial charge >= 0.3 is 0 Å². The summed E-state index contributed by atoms with van der Waals surface area (Å²) in [5, 5.41) is 3.94. The summed E-state index contributed by atoms with van der Waals surface area (Å²) in [6, 6.07) is 24.6. The van der Waals surface area contributed by atoms with E-state index in [0.717, 1.165) is 41.3 Å². The lowest BCUT2D eigenvalue weighted by molar-refractivity contribution is -0.141. The molecular weight excluding hydrogens is 576 g/mol. The highest BCUT2D eigenvalue weighted by atomic mass is 79.9. The Bertz CT molecular complexity index is 1180. The van der Waals surface area contributed by atoms with E-state index in [-0.39, 0.29) is 24.3 Å². The number of halogens is 2. The highest BCUT2D eigenvalue weighted by Gasteiger charge is 2.31. The summed E-state index contributed by atoms with van der Waals surface area (Å²) in [6.07, 6.45) is 6.74. The van der Waals surface area contributed by atoms with Crippen LogP contribution >= 0.6 is 27.5 Å². The van der Waals surface area contributed by atoms with Crippen LogP contribution < -0.4 is 10.1 Å². The lowest BCUT2D eigenvalue weighted by Crippen LogP contribution is -2.52. The van der Waals surface area contributed by atoms with Gasteiger partial charge in [0.05, 0.1) is 6.61 Å². The fourth-order valence-electron chi connectivity index (χ4n) is 4.97. The Labute approximate surface area is 245 Å². The van der Waals surface area contributed by atoms with Gasteiger partial charge in [0.2, 0.25) is 11.8 Å². The number of nitrogens with zero attached hydrogens (tertiary/aromatic N) is 1. The third-order valence-corrected chi connectivity index (χ3v) is 7.89. The zero-order chi connectivity index (χ0) is 27.5. The van der Waals surface area contributed by atoms with Gasteiger partial charge in [0.25, 0.3) is 0 Å². The molecule has 3 aromatic carbocycles. The van der Waals surface area contributed by atoms with Crippen molar-refractivity contribution in [2.75, 3.05) is 6.61 Å². The Balaban J connectivity index is 1.51. The summed E-state index contributed by atoms with van der Waals surface area (Å²) in [6.45, 7) is 0.761. The maximum absolute atomic E-state index is 13.8. The maximum Gasteiger partial charge on any atom is 0.243 e. The topological polar surface area (TPSA) is 58.6 Å². The molecule has 39 heavy (non-hydrogen) atoms. The second-order valence-corrected chi connectivity index (χ2v) is 11.5. The zero-order valence-electron chi connectivity index (χ0n) is 22.2. The van der Waals surface area contributed by atoms with Gasteiger partial charge in [0.1, 0.15) is 11.8 Å². The molecule has 0 spiro atoms. The van der Waals surface area contributed by atoms with Crippen LogP contribution in [-0.2, 0) is 22.6 Å². The molecule has 1 N–H and O–H groups in total. The summed E-state index contributed by atoms with van der Waals surface area (Å²) in [5.41, 5.74) is 2.01. The number of hydrogen-bond donors (Lipinski definition) is 1. The molecule has 5 nitrogen and oxygen atoms in total. The van der Waals surface area contributed by atoms with Crippen molar-refractivity contribution in [1.29, 1.82) is 0 Å². The van der Waals surface area contributed by atoms with Crippen molar-refractivity contribution in [2.45, 2.75) is 70.0 Å². The lowest BCUT2D eigenvalue weighted by Gasteiger charge is -2.33. The van der Waals surface area contributed by atoms with Gasteiger partial charge in [-0.1, -0.05) is 89.3 Å². The molecular formula is C32H36BrClN2O3. The number of carbonyl (C=O) groups is 2. The van der Waals surface area contributed by atoms with Gasteiger partial charge in [0.15, 0.2) is 0 Å². The van der Waals surface area contributed by atoms with Gasteiger partial charge in [-0.2, -0.15) is 0 Å². The number of benzene rings is 3. The number of ether oxygens (including phenoxy) is 1. The van der Waals surface area contributed by atoms with E-state index >= 15 is 0 Å². The van der Waals surface area contributed by atoms with Crippen LogP contribution in [0.4, 0.5) is 0 Å². The van der Waals surface area contributed by atoms with Crippen LogP contribution in [0.25, 0.3) is 0 Å². The van der Waals surface area contributed by atoms with Gasteiger partial charge in [0, 0.05) is 34.9 Å². The van der Waals surface area contributed by atoms with Crippen molar-refractivity contribution < 1.29 is 14.3 Å². The van der Waals surface area contributed by atoms with Crippen molar-refractivity contribution in [3.05, 3.63) is 99.5 Å². The normalized spacial score (nSPS) is 14.4. The third-order valence-electron chi connectivity index (χ3n) is 7.11. The smallest absolute Gasteiger partial charge is 0.243 e. The monoisotopic (exact) mass is 610 g/mol. The summed E-state index contributed by atoms with van der Waals surface area (Å²) < 4.78 is 6.78. The fourth-order valence-corrected chi connectivity index (χ4v) is 5.36. The standard InChI is InChI=1S/C32H36BrClN2O3/c33-26-15-13-25(14-16-26)23-36(31(37)12-7-21-39-29-19-17-27(34)18-20-29)30(22-24-8-3-1-4-9-24)32(38)35-28-10-5-2-6-11-28/h1,3-4,8-9,13-20,28,30H,2,5-7,10-12,21-23H2,(H,35,38). The van der Waals surface area contributed by atoms with Gasteiger partial charge in [-0.25, -0.2) is 0 Å². The van der Waals surface area contributed by atoms with E-state index in [4.69, 9.17) is 16.3 Å². The third kappa shape index (κ3) is 9.40. The molecule has 2 amide bonds. The van der Waals surface area contributed by atoms with E-state index in [1.54, 1.807) is 17.0 Å². The second-order valence-electron chi connectivity index (χ2n) is 10.1. The Morgan fingerprint density at radius 1 is 0.923 bits per heavy atom. The SMILES string of the molecule is O=C(NC1CCCCC1)C(Cc1ccccc1)N(Cc1ccc(Br)cc1)C(=O)CCCOc1ccc(Cl)cc1. The van der Waals surface area contributed by atoms with Crippen molar-refractivity contribution in [3.8, 4) is 5.75 Å². The van der Waals surface area contributed by atoms with E-state index in [9.17, 15) is 9.59 Å². The largest absolute Gasteiger partial charge is 0.494 e. The molecule has 0 aromatic heterocycles. The molecule has 4 rings (SSSR count). The Morgan fingerprint density at radius 3 is 2.31 bits per heavy atom. The van der Waals surface area contributed by atoms with Crippen LogP contribution in [0.3, 0.4) is 0 Å². The first-order valence-corrected chi connectivity index (χ1v) is 14.9. The van der Waals surface area contributed by atoms with Gasteiger partial charge in [-0.15, -0.1) is 0 Å². The predicted molar refractivity (Wildman–Crippen MR) is 160 cm³/mol. The molecule has 1 fully saturated rings. The van der Waals surface area contributed by atoms with Crippen LogP contribution in [0.2, 0.25) is 5.02 Å². The molecule has 1 unspecified atom stereocenters. The molecule has 3 aromatic rings. The summed E-state index contributed by atoms with van der Waals surface area (Å²) in [5.74, 6) is 0.582. The summed E-state index contributed by atoms with van der Waals surface area (Å²) in [7, 11) is 0. The quantitative estimate of drug-likeness (QED) is 0.218. The van der Waals surface area contributed by atoms with Crippen molar-refractivity contribution >= 4 is 39.3 Å². The van der Waals surface area contributed by atoms with Crippen LogP contribution in [-0.4, -0.2) is 35.4 Å². The lowest BCUT2D eigenvalue weighted by atomic mass is 9.94. The van der Waals surface area contributed by atoms with Gasteiger partial charge < -0.3 is 15.0 Å². The van der Waals surface area contributed by atoms with Crippen molar-refractivity contribution in [3.63, 3.8) is 0 Å². The molecule has 0 heterocycles. The van der Waals surface area contributed by atoms with Crippen molar-refractivity contribution in [1.82, 2.24) is 10.2 Å². The van der Waals surface area contributed by atoms with Gasteiger partial charge in [-0.3, -0.25) is 9.59 Å². The predicted octanol–water partition coefficient (Wildman–Crippen LogP) is 7.35. The Hall–Kier alpha value is -2.83. The summed E-state index contributed by atoms with van der Waals surface area (Å²) >= 11 is 9.45. The molecule has 1 aliphatic carbocycles. The van der Waals surface area contributed by atoms with Crippen LogP contribution in [0, 0.1) is 0 Å². The molecule has 7 heteroatoms. The highest BCUT2D eigenvalue weighted by molar-refractivity contribution is 9.10. The van der Waals surface area contributed by atoms with Crippen molar-refractivity contribution in [2.24, 2.45) is 0 Å². The first kappa shape index (κ1) is 29.2. The molecule has 0 saturated heterocycles. The maximum atomic E-state index is 13.8. The Morgan fingerprint density at radius 2 is 1.62 bits per heavy atom. The first-order valence-electron chi connectivity index (χ1n) is 13.7. The second kappa shape index (κ2) is 15.1. The van der Waals surface area contributed by atoms with E-state index in [2.05, 4.69) is 21.2 Å². The number of amides is 2. The fraction of sp³-hybridized carbons (Fsp3) is 0.375. The minimum absolute atomic E-state index is 0.0580. The average molecular weight is 612 g/mol. The number of hydrogen-bond acceptors (Lipinski definition) is 3. The van der Waals surface area contributed by atoms with E-state index in [0.29, 0.717) is 36.8 Å². The molecule has 0 aliphatic heterocycles. The van der Waals surface area contributed by atoms with Crippen LogP contribution in [0.1, 0.15) is 56.1 Å². The van der Waals surface area contributed by atoms with E-state index < -0.39 is 6.04 Å². The molecule has 0 bridgehead atoms.